The summed E-state index contributed by atoms with van der Waals surface area (Å²) in [4.78, 5) is 26.8. The lowest BCUT2D eigenvalue weighted by Crippen LogP contribution is -2.46. The SMILES string of the molecule is Nn1c(CCCCN2CCN(c3ccc4cc(O)ccc4n3)CC2)nc2c(c1=O)CCCC2. The Bertz CT molecular complexity index is 1200. The molecule has 3 N–H and O–H groups in total. The summed E-state index contributed by atoms with van der Waals surface area (Å²) in [5.74, 6) is 8.03. The number of nitrogens with two attached hydrogens (primary N) is 1. The van der Waals surface area contributed by atoms with Gasteiger partial charge in [0.15, 0.2) is 0 Å². The van der Waals surface area contributed by atoms with Gasteiger partial charge in [0, 0.05) is 43.5 Å². The molecule has 8 heteroatoms. The van der Waals surface area contributed by atoms with E-state index in [1.54, 1.807) is 12.1 Å². The molecule has 3 heterocycles. The molecule has 0 amide bonds. The number of fused-ring (bicyclic) bond motifs is 2. The predicted octanol–water partition coefficient (Wildman–Crippen LogP) is 2.23. The van der Waals surface area contributed by atoms with Gasteiger partial charge < -0.3 is 15.8 Å². The van der Waals surface area contributed by atoms with E-state index in [4.69, 9.17) is 15.8 Å². The van der Waals surface area contributed by atoms with Crippen molar-refractivity contribution in [2.75, 3.05) is 43.5 Å². The third-order valence-electron chi connectivity index (χ3n) is 6.94. The molecular formula is C25H32N6O2. The molecule has 2 aliphatic rings. The minimum absolute atomic E-state index is 0.0510. The highest BCUT2D eigenvalue weighted by Crippen LogP contribution is 2.23. The Morgan fingerprint density at radius 2 is 1.79 bits per heavy atom. The lowest BCUT2D eigenvalue weighted by molar-refractivity contribution is 0.252. The van der Waals surface area contributed by atoms with Crippen LogP contribution >= 0.6 is 0 Å². The van der Waals surface area contributed by atoms with Crippen molar-refractivity contribution in [2.24, 2.45) is 0 Å². The van der Waals surface area contributed by atoms with Crippen molar-refractivity contribution in [1.82, 2.24) is 19.5 Å². The highest BCUT2D eigenvalue weighted by molar-refractivity contribution is 5.81. The fraction of sp³-hybridized carbons (Fsp3) is 0.480. The second-order valence-electron chi connectivity index (χ2n) is 9.17. The summed E-state index contributed by atoms with van der Waals surface area (Å²) < 4.78 is 1.28. The number of nitrogens with zero attached hydrogens (tertiary/aromatic N) is 5. The zero-order chi connectivity index (χ0) is 22.8. The van der Waals surface area contributed by atoms with Crippen LogP contribution in [-0.2, 0) is 19.3 Å². The molecule has 0 spiro atoms. The average Bonchev–Trinajstić information content (AvgIpc) is 2.85. The van der Waals surface area contributed by atoms with Crippen LogP contribution in [0.3, 0.4) is 0 Å². The van der Waals surface area contributed by atoms with Gasteiger partial charge in [0.05, 0.1) is 11.2 Å². The third-order valence-corrected chi connectivity index (χ3v) is 6.94. The Morgan fingerprint density at radius 3 is 2.64 bits per heavy atom. The zero-order valence-electron chi connectivity index (χ0n) is 19.0. The number of piperazine rings is 1. The summed E-state index contributed by atoms with van der Waals surface area (Å²) in [6, 6.07) is 9.35. The number of aromatic hydroxyl groups is 1. The normalized spacial score (nSPS) is 16.8. The van der Waals surface area contributed by atoms with Gasteiger partial charge in [-0.05, 0) is 75.4 Å². The quantitative estimate of drug-likeness (QED) is 0.441. The van der Waals surface area contributed by atoms with E-state index in [2.05, 4.69) is 9.80 Å². The first-order valence-corrected chi connectivity index (χ1v) is 12.0. The van der Waals surface area contributed by atoms with E-state index in [1.165, 1.54) is 4.68 Å². The molecule has 0 bridgehead atoms. The van der Waals surface area contributed by atoms with Crippen LogP contribution < -0.4 is 16.3 Å². The first-order valence-electron chi connectivity index (χ1n) is 12.0. The van der Waals surface area contributed by atoms with Gasteiger partial charge >= 0.3 is 0 Å². The molecule has 1 aliphatic carbocycles. The standard InChI is InChI=1S/C25H32N6O2/c26-31-24(28-22-6-2-1-5-20(22)25(31)33)7-3-4-12-29-13-15-30(16-14-29)23-11-8-18-17-19(32)9-10-21(18)27-23/h8-11,17,32H,1-7,12-16,26H2. The van der Waals surface area contributed by atoms with Crippen LogP contribution in [0, 0.1) is 0 Å². The Balaban J connectivity index is 1.10. The summed E-state index contributed by atoms with van der Waals surface area (Å²) >= 11 is 0. The van der Waals surface area contributed by atoms with Gasteiger partial charge in [-0.1, -0.05) is 0 Å². The Morgan fingerprint density at radius 1 is 0.970 bits per heavy atom. The second-order valence-corrected chi connectivity index (χ2v) is 9.17. The molecule has 0 radical (unpaired) electrons. The molecule has 0 atom stereocenters. The van der Waals surface area contributed by atoms with Gasteiger partial charge in [-0.3, -0.25) is 9.69 Å². The van der Waals surface area contributed by atoms with Crippen LogP contribution in [0.5, 0.6) is 5.75 Å². The van der Waals surface area contributed by atoms with Crippen molar-refractivity contribution < 1.29 is 5.11 Å². The van der Waals surface area contributed by atoms with Crippen molar-refractivity contribution >= 4 is 16.7 Å². The molecule has 2 aromatic heterocycles. The lowest BCUT2D eigenvalue weighted by atomic mass is 9.97. The third kappa shape index (κ3) is 4.66. The van der Waals surface area contributed by atoms with E-state index >= 15 is 0 Å². The van der Waals surface area contributed by atoms with E-state index in [9.17, 15) is 9.90 Å². The zero-order valence-corrected chi connectivity index (χ0v) is 19.0. The number of hydrogen-bond donors (Lipinski definition) is 2. The first-order chi connectivity index (χ1) is 16.1. The van der Waals surface area contributed by atoms with Crippen LogP contribution in [0.1, 0.15) is 42.8 Å². The van der Waals surface area contributed by atoms with Gasteiger partial charge in [0.2, 0.25) is 0 Å². The maximum Gasteiger partial charge on any atom is 0.275 e. The minimum Gasteiger partial charge on any atom is -0.508 e. The van der Waals surface area contributed by atoms with Gasteiger partial charge in [-0.15, -0.1) is 0 Å². The number of phenols is 1. The fourth-order valence-electron chi connectivity index (χ4n) is 4.99. The van der Waals surface area contributed by atoms with Gasteiger partial charge in [-0.2, -0.15) is 0 Å². The number of phenolic OH excluding ortho intramolecular Hbond substituents is 1. The summed E-state index contributed by atoms with van der Waals surface area (Å²) in [6.07, 6.45) is 6.65. The average molecular weight is 449 g/mol. The van der Waals surface area contributed by atoms with Crippen molar-refractivity contribution in [3.8, 4) is 5.75 Å². The van der Waals surface area contributed by atoms with E-state index in [0.717, 1.165) is 111 Å². The molecule has 5 rings (SSSR count). The predicted molar refractivity (Wildman–Crippen MR) is 130 cm³/mol. The molecule has 33 heavy (non-hydrogen) atoms. The number of rotatable bonds is 6. The number of pyridine rings is 1. The van der Waals surface area contributed by atoms with Crippen LogP contribution in [0.25, 0.3) is 10.9 Å². The first kappa shape index (κ1) is 21.7. The summed E-state index contributed by atoms with van der Waals surface area (Å²) in [7, 11) is 0. The number of benzene rings is 1. The lowest BCUT2D eigenvalue weighted by Gasteiger charge is -2.35. The second kappa shape index (κ2) is 9.39. The largest absolute Gasteiger partial charge is 0.508 e. The van der Waals surface area contributed by atoms with E-state index in [0.29, 0.717) is 0 Å². The Kier molecular flexibility index (Phi) is 6.17. The number of nitrogen functional groups attached to an aromatic ring is 1. The molecule has 1 aromatic carbocycles. The monoisotopic (exact) mass is 448 g/mol. The molecule has 3 aromatic rings. The van der Waals surface area contributed by atoms with Crippen molar-refractivity contribution in [3.63, 3.8) is 0 Å². The number of hydrogen-bond acceptors (Lipinski definition) is 7. The van der Waals surface area contributed by atoms with Crippen LogP contribution in [0.4, 0.5) is 5.82 Å². The van der Waals surface area contributed by atoms with Crippen molar-refractivity contribution in [2.45, 2.75) is 44.9 Å². The van der Waals surface area contributed by atoms with Crippen molar-refractivity contribution in [1.29, 1.82) is 0 Å². The maximum absolute atomic E-state index is 12.5. The fourth-order valence-corrected chi connectivity index (χ4v) is 4.99. The van der Waals surface area contributed by atoms with Crippen LogP contribution in [0.2, 0.25) is 0 Å². The Labute approximate surface area is 193 Å². The number of aryl methyl sites for hydroxylation is 2. The van der Waals surface area contributed by atoms with Crippen LogP contribution in [0.15, 0.2) is 35.1 Å². The molecular weight excluding hydrogens is 416 g/mol. The molecule has 1 saturated heterocycles. The number of anilines is 1. The van der Waals surface area contributed by atoms with Gasteiger partial charge in [0.1, 0.15) is 17.4 Å². The van der Waals surface area contributed by atoms with Crippen molar-refractivity contribution in [3.05, 3.63) is 57.8 Å². The maximum atomic E-state index is 12.5. The highest BCUT2D eigenvalue weighted by atomic mass is 16.3. The summed E-state index contributed by atoms with van der Waals surface area (Å²) in [5, 5.41) is 10.6. The molecule has 174 valence electrons. The molecule has 8 nitrogen and oxygen atoms in total. The Hall–Kier alpha value is -3.13. The number of aromatic nitrogens is 3. The molecule has 1 fully saturated rings. The minimum atomic E-state index is -0.0510. The molecule has 0 saturated carbocycles. The van der Waals surface area contributed by atoms with E-state index in [-0.39, 0.29) is 11.3 Å². The number of unbranched alkanes of at least 4 members (excludes halogenated alkanes) is 1. The summed E-state index contributed by atoms with van der Waals surface area (Å²) in [6.45, 7) is 4.95. The van der Waals surface area contributed by atoms with Gasteiger partial charge in [0.25, 0.3) is 5.56 Å². The van der Waals surface area contributed by atoms with Crippen LogP contribution in [-0.4, -0.2) is 57.4 Å². The molecule has 0 unspecified atom stereocenters. The summed E-state index contributed by atoms with van der Waals surface area (Å²) in [5.41, 5.74) is 2.65. The van der Waals surface area contributed by atoms with E-state index < -0.39 is 0 Å². The topological polar surface area (TPSA) is 101 Å². The van der Waals surface area contributed by atoms with E-state index in [1.807, 2.05) is 18.2 Å². The molecule has 1 aliphatic heterocycles. The van der Waals surface area contributed by atoms with Gasteiger partial charge in [-0.25, -0.2) is 14.6 Å². The smallest absolute Gasteiger partial charge is 0.275 e. The highest BCUT2D eigenvalue weighted by Gasteiger charge is 2.20.